The number of hydrogen-bond donors (Lipinski definition) is 0. The molecule has 1 saturated heterocycles. The molecule has 0 N–H and O–H groups in total. The fraction of sp³-hybridized carbons (Fsp3) is 0.259. The summed E-state index contributed by atoms with van der Waals surface area (Å²) < 4.78 is 21.7. The van der Waals surface area contributed by atoms with Crippen molar-refractivity contribution >= 4 is 16.9 Å². The van der Waals surface area contributed by atoms with Crippen LogP contribution in [0.2, 0.25) is 0 Å². The highest BCUT2D eigenvalue weighted by atomic mass is 19.1. The Kier molecular flexibility index (Phi) is 6.13. The molecule has 9 heteroatoms. The summed E-state index contributed by atoms with van der Waals surface area (Å²) >= 11 is 0. The van der Waals surface area contributed by atoms with Crippen molar-refractivity contribution in [3.63, 3.8) is 0 Å². The van der Waals surface area contributed by atoms with Crippen molar-refractivity contribution in [1.29, 1.82) is 0 Å². The smallest absolute Gasteiger partial charge is 0.337 e. The molecular formula is C27H25FN4O4. The van der Waals surface area contributed by atoms with E-state index >= 15 is 0 Å². The van der Waals surface area contributed by atoms with Gasteiger partial charge >= 0.3 is 5.69 Å². The first-order valence-electron chi connectivity index (χ1n) is 11.7. The van der Waals surface area contributed by atoms with Gasteiger partial charge in [-0.1, -0.05) is 24.3 Å². The van der Waals surface area contributed by atoms with Crippen molar-refractivity contribution in [2.75, 3.05) is 20.2 Å². The average molecular weight is 489 g/mol. The van der Waals surface area contributed by atoms with E-state index in [1.165, 1.54) is 29.9 Å². The van der Waals surface area contributed by atoms with Crippen LogP contribution in [-0.4, -0.2) is 45.1 Å². The summed E-state index contributed by atoms with van der Waals surface area (Å²) in [6.45, 7) is 2.75. The van der Waals surface area contributed by atoms with E-state index in [1.54, 1.807) is 48.2 Å². The lowest BCUT2D eigenvalue weighted by Crippen LogP contribution is -2.41. The monoisotopic (exact) mass is 488 g/mol. The van der Waals surface area contributed by atoms with Gasteiger partial charge in [-0.15, -0.1) is 0 Å². The zero-order valence-electron chi connectivity index (χ0n) is 20.0. The molecule has 1 fully saturated rings. The molecule has 0 radical (unpaired) electrons. The fourth-order valence-electron chi connectivity index (χ4n) is 4.71. The van der Waals surface area contributed by atoms with Gasteiger partial charge in [-0.05, 0) is 55.7 Å². The van der Waals surface area contributed by atoms with E-state index in [2.05, 4.69) is 4.98 Å². The number of aryl methyl sites for hydroxylation is 1. The Labute approximate surface area is 206 Å². The van der Waals surface area contributed by atoms with Gasteiger partial charge < -0.3 is 9.64 Å². The summed E-state index contributed by atoms with van der Waals surface area (Å²) in [7, 11) is 1.48. The van der Waals surface area contributed by atoms with Crippen LogP contribution in [0.4, 0.5) is 4.39 Å². The van der Waals surface area contributed by atoms with Gasteiger partial charge in [0.1, 0.15) is 11.6 Å². The quantitative estimate of drug-likeness (QED) is 0.430. The van der Waals surface area contributed by atoms with E-state index < -0.39 is 17.1 Å². The van der Waals surface area contributed by atoms with Crippen molar-refractivity contribution < 1.29 is 13.9 Å². The van der Waals surface area contributed by atoms with Crippen molar-refractivity contribution in [3.05, 3.63) is 98.1 Å². The number of rotatable bonds is 5. The van der Waals surface area contributed by atoms with Crippen molar-refractivity contribution in [2.45, 2.75) is 26.3 Å². The second-order valence-corrected chi connectivity index (χ2v) is 8.82. The Morgan fingerprint density at radius 1 is 1.06 bits per heavy atom. The summed E-state index contributed by atoms with van der Waals surface area (Å²) in [5.41, 5.74) is 0.261. The average Bonchev–Trinajstić information content (AvgIpc) is 3.41. The minimum atomic E-state index is -0.668. The van der Waals surface area contributed by atoms with Crippen LogP contribution < -0.4 is 16.0 Å². The number of benzene rings is 2. The zero-order valence-corrected chi connectivity index (χ0v) is 20.0. The van der Waals surface area contributed by atoms with Gasteiger partial charge in [-0.25, -0.2) is 18.7 Å². The van der Waals surface area contributed by atoms with Crippen molar-refractivity contribution in [2.24, 2.45) is 0 Å². The molecule has 2 aromatic heterocycles. The summed E-state index contributed by atoms with van der Waals surface area (Å²) in [4.78, 5) is 47.5. The second kappa shape index (κ2) is 9.41. The molecule has 0 saturated carbocycles. The van der Waals surface area contributed by atoms with Crippen LogP contribution in [0, 0.1) is 12.7 Å². The molecular weight excluding hydrogens is 463 g/mol. The molecule has 0 unspecified atom stereocenters. The largest absolute Gasteiger partial charge is 0.495 e. The minimum absolute atomic E-state index is 0.0411. The summed E-state index contributed by atoms with van der Waals surface area (Å²) in [6, 6.07) is 14.2. The molecule has 1 aliphatic heterocycles. The van der Waals surface area contributed by atoms with E-state index in [4.69, 9.17) is 4.74 Å². The van der Waals surface area contributed by atoms with E-state index in [-0.39, 0.29) is 29.0 Å². The standard InChI is InChI=1S/C27H25FN4O4/c1-17-14-20(25(33)30-12-5-6-13-30)23-24(29-17)32(21-10-3-4-11-22(21)36-2)27(35)31(26(23)34)16-18-8-7-9-19(28)15-18/h3-4,7-11,14-15H,5-6,12-13,16H2,1-2H3. The number of halogens is 1. The zero-order chi connectivity index (χ0) is 25.4. The number of fused-ring (bicyclic) bond motifs is 1. The lowest BCUT2D eigenvalue weighted by atomic mass is 10.1. The molecule has 4 aromatic rings. The molecule has 0 atom stereocenters. The molecule has 0 aliphatic carbocycles. The number of amides is 1. The predicted molar refractivity (Wildman–Crippen MR) is 134 cm³/mol. The number of hydrogen-bond acceptors (Lipinski definition) is 5. The maximum atomic E-state index is 13.9. The third-order valence-corrected chi connectivity index (χ3v) is 6.40. The molecule has 5 rings (SSSR count). The number of aromatic nitrogens is 3. The molecule has 8 nitrogen and oxygen atoms in total. The highest BCUT2D eigenvalue weighted by Gasteiger charge is 2.27. The third-order valence-electron chi connectivity index (χ3n) is 6.40. The lowest BCUT2D eigenvalue weighted by molar-refractivity contribution is 0.0794. The number of carbonyl (C=O) groups is 1. The van der Waals surface area contributed by atoms with Gasteiger partial charge in [0.15, 0.2) is 5.65 Å². The normalized spacial score (nSPS) is 13.4. The highest BCUT2D eigenvalue weighted by Crippen LogP contribution is 2.25. The molecule has 1 amide bonds. The minimum Gasteiger partial charge on any atom is -0.495 e. The van der Waals surface area contributed by atoms with Crippen LogP contribution in [0.3, 0.4) is 0 Å². The van der Waals surface area contributed by atoms with Gasteiger partial charge in [-0.3, -0.25) is 14.2 Å². The Bertz CT molecular complexity index is 1600. The van der Waals surface area contributed by atoms with Crippen LogP contribution in [-0.2, 0) is 6.54 Å². The number of methoxy groups -OCH3 is 1. The maximum Gasteiger partial charge on any atom is 0.337 e. The van der Waals surface area contributed by atoms with Gasteiger partial charge in [0, 0.05) is 18.8 Å². The number of nitrogens with zero attached hydrogens (tertiary/aromatic N) is 4. The van der Waals surface area contributed by atoms with Gasteiger partial charge in [-0.2, -0.15) is 0 Å². The Hall–Kier alpha value is -4.27. The topological polar surface area (TPSA) is 86.4 Å². The number of para-hydroxylation sites is 2. The number of ether oxygens (including phenoxy) is 1. The van der Waals surface area contributed by atoms with Crippen LogP contribution >= 0.6 is 0 Å². The molecule has 184 valence electrons. The Balaban J connectivity index is 1.87. The van der Waals surface area contributed by atoms with Crippen LogP contribution in [0.5, 0.6) is 5.75 Å². The highest BCUT2D eigenvalue weighted by molar-refractivity contribution is 6.05. The first-order chi connectivity index (χ1) is 17.4. The number of carbonyl (C=O) groups excluding carboxylic acids is 1. The van der Waals surface area contributed by atoms with Crippen molar-refractivity contribution in [1.82, 2.24) is 19.0 Å². The molecule has 1 aliphatic rings. The first-order valence-corrected chi connectivity index (χ1v) is 11.7. The maximum absolute atomic E-state index is 13.9. The van der Waals surface area contributed by atoms with E-state index in [9.17, 15) is 18.8 Å². The molecule has 2 aromatic carbocycles. The summed E-state index contributed by atoms with van der Waals surface area (Å²) in [5, 5.41) is 0.0411. The van der Waals surface area contributed by atoms with Crippen LogP contribution in [0.1, 0.15) is 34.5 Å². The van der Waals surface area contributed by atoms with E-state index in [0.717, 1.165) is 17.4 Å². The Morgan fingerprint density at radius 2 is 1.81 bits per heavy atom. The third kappa shape index (κ3) is 4.06. The lowest BCUT2D eigenvalue weighted by Gasteiger charge is -2.20. The van der Waals surface area contributed by atoms with Crippen LogP contribution in [0.25, 0.3) is 16.7 Å². The SMILES string of the molecule is COc1ccccc1-n1c(=O)n(Cc2cccc(F)c2)c(=O)c2c(C(=O)N3CCCC3)cc(C)nc21. The number of likely N-dealkylation sites (tertiary alicyclic amines) is 1. The second-order valence-electron chi connectivity index (χ2n) is 8.82. The van der Waals surface area contributed by atoms with E-state index in [1.807, 2.05) is 0 Å². The van der Waals surface area contributed by atoms with Gasteiger partial charge in [0.05, 0.1) is 30.3 Å². The molecule has 0 bridgehead atoms. The van der Waals surface area contributed by atoms with Gasteiger partial charge in [0.25, 0.3) is 11.5 Å². The van der Waals surface area contributed by atoms with Crippen molar-refractivity contribution in [3.8, 4) is 11.4 Å². The van der Waals surface area contributed by atoms with E-state index in [0.29, 0.717) is 35.8 Å². The van der Waals surface area contributed by atoms with Gasteiger partial charge in [0.2, 0.25) is 0 Å². The Morgan fingerprint density at radius 3 is 2.53 bits per heavy atom. The predicted octanol–water partition coefficient (Wildman–Crippen LogP) is 3.29. The molecule has 0 spiro atoms. The number of pyridine rings is 1. The van der Waals surface area contributed by atoms with Crippen LogP contribution in [0.15, 0.2) is 64.2 Å². The summed E-state index contributed by atoms with van der Waals surface area (Å²) in [6.07, 6.45) is 1.78. The fourth-order valence-corrected chi connectivity index (χ4v) is 4.71. The molecule has 3 heterocycles. The first kappa shape index (κ1) is 23.5. The summed E-state index contributed by atoms with van der Waals surface area (Å²) in [5.74, 6) is -0.358. The molecule has 36 heavy (non-hydrogen) atoms.